The van der Waals surface area contributed by atoms with Crippen molar-refractivity contribution in [3.8, 4) is 0 Å². The van der Waals surface area contributed by atoms with Crippen LogP contribution in [-0.2, 0) is 4.74 Å². The van der Waals surface area contributed by atoms with Gasteiger partial charge >= 0.3 is 0 Å². The highest BCUT2D eigenvalue weighted by Gasteiger charge is 2.43. The van der Waals surface area contributed by atoms with Gasteiger partial charge < -0.3 is 10.1 Å². The quantitative estimate of drug-likeness (QED) is 0.808. The Hall–Kier alpha value is -0.0800. The summed E-state index contributed by atoms with van der Waals surface area (Å²) in [5, 5.41) is 3.80. The summed E-state index contributed by atoms with van der Waals surface area (Å²) >= 11 is 0. The van der Waals surface area contributed by atoms with E-state index in [0.717, 1.165) is 18.4 Å². The first-order valence-electron chi connectivity index (χ1n) is 8.50. The predicted molar refractivity (Wildman–Crippen MR) is 81.4 cm³/mol. The van der Waals surface area contributed by atoms with Crippen molar-refractivity contribution in [3.63, 3.8) is 0 Å². The van der Waals surface area contributed by atoms with Crippen LogP contribution in [0.1, 0.15) is 71.6 Å². The highest BCUT2D eigenvalue weighted by Crippen LogP contribution is 2.41. The molecule has 0 heterocycles. The van der Waals surface area contributed by atoms with E-state index in [0.29, 0.717) is 6.04 Å². The molecule has 0 bridgehead atoms. The molecule has 2 rings (SSSR count). The first-order chi connectivity index (χ1) is 9.22. The molecule has 1 unspecified atom stereocenters. The lowest BCUT2D eigenvalue weighted by molar-refractivity contribution is -0.0859. The van der Waals surface area contributed by atoms with E-state index in [9.17, 15) is 0 Å². The average molecular weight is 267 g/mol. The maximum absolute atomic E-state index is 6.11. The number of methoxy groups -OCH3 is 1. The van der Waals surface area contributed by atoms with Crippen LogP contribution in [0, 0.1) is 11.8 Å². The third-order valence-corrected chi connectivity index (χ3v) is 5.63. The number of nitrogens with one attached hydrogen (secondary N) is 1. The second-order valence-corrected chi connectivity index (χ2v) is 6.88. The maximum atomic E-state index is 6.11. The topological polar surface area (TPSA) is 21.3 Å². The standard InChI is InChI=1S/C17H33NO/c1-4-18-16(15-10-8-14(2)9-11-15)17(19-3)12-6-5-7-13-17/h14-16,18H,4-13H2,1-3H3. The Morgan fingerprint density at radius 2 is 1.74 bits per heavy atom. The fraction of sp³-hybridized carbons (Fsp3) is 1.00. The SMILES string of the molecule is CCNC(C1CCC(C)CC1)C1(OC)CCCCC1. The molecule has 1 N–H and O–H groups in total. The maximum Gasteiger partial charge on any atom is 0.0833 e. The zero-order valence-electron chi connectivity index (χ0n) is 13.2. The summed E-state index contributed by atoms with van der Waals surface area (Å²) in [6, 6.07) is 0.579. The van der Waals surface area contributed by atoms with Gasteiger partial charge in [-0.2, -0.15) is 0 Å². The lowest BCUT2D eigenvalue weighted by Gasteiger charge is -2.47. The molecule has 2 aliphatic carbocycles. The molecule has 2 fully saturated rings. The summed E-state index contributed by atoms with van der Waals surface area (Å²) in [6.07, 6.45) is 12.2. The van der Waals surface area contributed by atoms with E-state index < -0.39 is 0 Å². The molecule has 2 aliphatic rings. The normalized spacial score (nSPS) is 33.0. The Kier molecular flexibility index (Phi) is 5.70. The Bertz CT molecular complexity index is 252. The minimum atomic E-state index is 0.125. The first-order valence-corrected chi connectivity index (χ1v) is 8.50. The van der Waals surface area contributed by atoms with Gasteiger partial charge in [0.05, 0.1) is 5.60 Å². The molecule has 0 spiro atoms. The average Bonchev–Trinajstić information content (AvgIpc) is 2.47. The molecule has 0 aromatic rings. The van der Waals surface area contributed by atoms with Crippen LogP contribution in [0.4, 0.5) is 0 Å². The predicted octanol–water partition coefficient (Wildman–Crippen LogP) is 4.14. The zero-order valence-corrected chi connectivity index (χ0v) is 13.2. The summed E-state index contributed by atoms with van der Waals surface area (Å²) in [5.74, 6) is 1.76. The number of ether oxygens (including phenoxy) is 1. The molecule has 112 valence electrons. The summed E-state index contributed by atoms with van der Waals surface area (Å²) in [5.41, 5.74) is 0.125. The monoisotopic (exact) mass is 267 g/mol. The van der Waals surface area contributed by atoms with Gasteiger partial charge in [0.2, 0.25) is 0 Å². The Labute approximate surface area is 119 Å². The Morgan fingerprint density at radius 3 is 2.26 bits per heavy atom. The number of hydrogen-bond acceptors (Lipinski definition) is 2. The fourth-order valence-electron chi connectivity index (χ4n) is 4.41. The number of likely N-dealkylation sites (N-methyl/N-ethyl adjacent to an activating group) is 1. The summed E-state index contributed by atoms with van der Waals surface area (Å²) in [7, 11) is 1.95. The molecule has 0 aromatic heterocycles. The van der Waals surface area contributed by atoms with Gasteiger partial charge in [-0.15, -0.1) is 0 Å². The van der Waals surface area contributed by atoms with Crippen molar-refractivity contribution in [2.45, 2.75) is 83.3 Å². The molecule has 1 atom stereocenters. The molecular weight excluding hydrogens is 234 g/mol. The van der Waals surface area contributed by atoms with E-state index in [1.807, 2.05) is 7.11 Å². The van der Waals surface area contributed by atoms with Gasteiger partial charge in [-0.05, 0) is 44.1 Å². The van der Waals surface area contributed by atoms with Crippen molar-refractivity contribution in [2.75, 3.05) is 13.7 Å². The van der Waals surface area contributed by atoms with E-state index in [2.05, 4.69) is 19.2 Å². The molecule has 2 heteroatoms. The van der Waals surface area contributed by atoms with Gasteiger partial charge in [0.1, 0.15) is 0 Å². The van der Waals surface area contributed by atoms with E-state index >= 15 is 0 Å². The highest BCUT2D eigenvalue weighted by molar-refractivity contribution is 4.99. The third-order valence-electron chi connectivity index (χ3n) is 5.63. The van der Waals surface area contributed by atoms with Crippen molar-refractivity contribution in [2.24, 2.45) is 11.8 Å². The van der Waals surface area contributed by atoms with E-state index in [1.165, 1.54) is 57.8 Å². The molecule has 19 heavy (non-hydrogen) atoms. The van der Waals surface area contributed by atoms with Crippen LogP contribution in [0.3, 0.4) is 0 Å². The van der Waals surface area contributed by atoms with E-state index in [1.54, 1.807) is 0 Å². The minimum absolute atomic E-state index is 0.125. The zero-order chi connectivity index (χ0) is 13.7. The third kappa shape index (κ3) is 3.52. The fourth-order valence-corrected chi connectivity index (χ4v) is 4.41. The van der Waals surface area contributed by atoms with E-state index in [4.69, 9.17) is 4.74 Å². The van der Waals surface area contributed by atoms with Gasteiger partial charge in [-0.3, -0.25) is 0 Å². The van der Waals surface area contributed by atoms with Crippen LogP contribution in [0.2, 0.25) is 0 Å². The Morgan fingerprint density at radius 1 is 1.11 bits per heavy atom. The van der Waals surface area contributed by atoms with Crippen LogP contribution < -0.4 is 5.32 Å². The molecule has 2 nitrogen and oxygen atoms in total. The highest BCUT2D eigenvalue weighted by atomic mass is 16.5. The van der Waals surface area contributed by atoms with Crippen molar-refractivity contribution in [1.82, 2.24) is 5.32 Å². The number of hydrogen-bond donors (Lipinski definition) is 1. The summed E-state index contributed by atoms with van der Waals surface area (Å²) in [4.78, 5) is 0. The van der Waals surface area contributed by atoms with Crippen LogP contribution in [0.5, 0.6) is 0 Å². The molecule has 0 radical (unpaired) electrons. The van der Waals surface area contributed by atoms with Gasteiger partial charge in [0, 0.05) is 13.2 Å². The second kappa shape index (κ2) is 7.08. The molecule has 0 aromatic carbocycles. The summed E-state index contributed by atoms with van der Waals surface area (Å²) < 4.78 is 6.11. The molecule has 2 saturated carbocycles. The molecule has 0 aliphatic heterocycles. The minimum Gasteiger partial charge on any atom is -0.377 e. The van der Waals surface area contributed by atoms with Crippen LogP contribution >= 0.6 is 0 Å². The first kappa shape index (κ1) is 15.3. The van der Waals surface area contributed by atoms with Gasteiger partial charge in [0.25, 0.3) is 0 Å². The van der Waals surface area contributed by atoms with Gasteiger partial charge in [-0.1, -0.05) is 46.0 Å². The van der Waals surface area contributed by atoms with Crippen molar-refractivity contribution >= 4 is 0 Å². The van der Waals surface area contributed by atoms with Crippen molar-refractivity contribution in [3.05, 3.63) is 0 Å². The molecule has 0 saturated heterocycles. The lowest BCUT2D eigenvalue weighted by Crippen LogP contribution is -2.57. The van der Waals surface area contributed by atoms with Gasteiger partial charge in [-0.25, -0.2) is 0 Å². The van der Waals surface area contributed by atoms with E-state index in [-0.39, 0.29) is 5.60 Å². The van der Waals surface area contributed by atoms with Crippen LogP contribution in [-0.4, -0.2) is 25.3 Å². The lowest BCUT2D eigenvalue weighted by atomic mass is 9.69. The van der Waals surface area contributed by atoms with Crippen LogP contribution in [0.15, 0.2) is 0 Å². The van der Waals surface area contributed by atoms with Crippen LogP contribution in [0.25, 0.3) is 0 Å². The largest absolute Gasteiger partial charge is 0.377 e. The smallest absolute Gasteiger partial charge is 0.0833 e. The van der Waals surface area contributed by atoms with Crippen molar-refractivity contribution in [1.29, 1.82) is 0 Å². The summed E-state index contributed by atoms with van der Waals surface area (Å²) in [6.45, 7) is 5.72. The number of rotatable bonds is 5. The molecular formula is C17H33NO. The Balaban J connectivity index is 2.08. The van der Waals surface area contributed by atoms with Gasteiger partial charge in [0.15, 0.2) is 0 Å². The second-order valence-electron chi connectivity index (χ2n) is 6.88. The van der Waals surface area contributed by atoms with Crippen molar-refractivity contribution < 1.29 is 4.74 Å². The molecule has 0 amide bonds.